The number of benzene rings is 2. The van der Waals surface area contributed by atoms with Gasteiger partial charge in [0, 0.05) is 25.2 Å². The lowest BCUT2D eigenvalue weighted by atomic mass is 9.84. The molecule has 1 aliphatic carbocycles. The van der Waals surface area contributed by atoms with Crippen molar-refractivity contribution < 1.29 is 22.1 Å². The van der Waals surface area contributed by atoms with E-state index in [0.717, 1.165) is 75.7 Å². The van der Waals surface area contributed by atoms with Crippen LogP contribution in [-0.4, -0.2) is 58.3 Å². The third-order valence-corrected chi connectivity index (χ3v) is 7.88. The Morgan fingerprint density at radius 3 is 2.47 bits per heavy atom. The van der Waals surface area contributed by atoms with E-state index in [4.69, 9.17) is 8.92 Å². The number of fused-ring (bicyclic) bond motifs is 1. The number of ether oxygens (including phenoxy) is 1. The first-order chi connectivity index (χ1) is 17.8. The SMILES string of the molecule is COc1cccc(/C=C/C(=O)NC2CCC(CCN3CCc4ccc(OS(C)(=O)=O)cc4CC3)CC2)c1.Cl. The number of halogens is 1. The number of carbonyl (C=O) groups excluding carboxylic acids is 1. The van der Waals surface area contributed by atoms with Crippen molar-refractivity contribution in [1.29, 1.82) is 0 Å². The maximum absolute atomic E-state index is 12.4. The van der Waals surface area contributed by atoms with Crippen LogP contribution >= 0.6 is 12.4 Å². The summed E-state index contributed by atoms with van der Waals surface area (Å²) in [5.41, 5.74) is 3.40. The van der Waals surface area contributed by atoms with Gasteiger partial charge in [-0.15, -0.1) is 12.4 Å². The molecule has 0 atom stereocenters. The molecule has 208 valence electrons. The van der Waals surface area contributed by atoms with Crippen LogP contribution < -0.4 is 14.2 Å². The topological polar surface area (TPSA) is 84.9 Å². The lowest BCUT2D eigenvalue weighted by Gasteiger charge is -2.30. The molecule has 2 aromatic rings. The van der Waals surface area contributed by atoms with Crippen LogP contribution in [0.1, 0.15) is 48.8 Å². The Bertz CT molecular complexity index is 1210. The highest BCUT2D eigenvalue weighted by atomic mass is 35.5. The van der Waals surface area contributed by atoms with E-state index < -0.39 is 10.1 Å². The van der Waals surface area contributed by atoms with E-state index in [2.05, 4.69) is 10.2 Å². The smallest absolute Gasteiger partial charge is 0.306 e. The van der Waals surface area contributed by atoms with Crippen molar-refractivity contribution in [2.75, 3.05) is 33.0 Å². The number of methoxy groups -OCH3 is 1. The Hall–Kier alpha value is -2.55. The first kappa shape index (κ1) is 30.0. The molecule has 2 aromatic carbocycles. The second kappa shape index (κ2) is 14.0. The van der Waals surface area contributed by atoms with Gasteiger partial charge in [-0.1, -0.05) is 18.2 Å². The number of hydrogen-bond donors (Lipinski definition) is 1. The van der Waals surface area contributed by atoms with Crippen molar-refractivity contribution in [2.24, 2.45) is 5.92 Å². The van der Waals surface area contributed by atoms with Gasteiger partial charge < -0.3 is 19.1 Å². The van der Waals surface area contributed by atoms with Gasteiger partial charge in [0.2, 0.25) is 5.91 Å². The number of nitrogens with zero attached hydrogens (tertiary/aromatic N) is 1. The normalized spacial score (nSPS) is 20.2. The Morgan fingerprint density at radius 1 is 1.03 bits per heavy atom. The molecule has 1 fully saturated rings. The van der Waals surface area contributed by atoms with E-state index in [1.165, 1.54) is 17.5 Å². The fourth-order valence-corrected chi connectivity index (χ4v) is 5.78. The van der Waals surface area contributed by atoms with Gasteiger partial charge in [-0.25, -0.2) is 0 Å². The quantitative estimate of drug-likeness (QED) is 0.354. The van der Waals surface area contributed by atoms with Gasteiger partial charge in [0.15, 0.2) is 0 Å². The van der Waals surface area contributed by atoms with E-state index in [1.54, 1.807) is 19.3 Å². The highest BCUT2D eigenvalue weighted by Crippen LogP contribution is 2.28. The van der Waals surface area contributed by atoms with Crippen LogP contribution in [0, 0.1) is 5.92 Å². The molecule has 0 bridgehead atoms. The lowest BCUT2D eigenvalue weighted by Crippen LogP contribution is -2.37. The molecule has 0 spiro atoms. The summed E-state index contributed by atoms with van der Waals surface area (Å²) in [6.07, 6.45) is 11.9. The molecule has 7 nitrogen and oxygen atoms in total. The molecular formula is C29H39ClN2O5S. The first-order valence-corrected chi connectivity index (χ1v) is 15.0. The second-order valence-electron chi connectivity index (χ2n) is 10.2. The molecule has 0 radical (unpaired) electrons. The summed E-state index contributed by atoms with van der Waals surface area (Å²) in [5, 5.41) is 3.17. The zero-order chi connectivity index (χ0) is 26.3. The van der Waals surface area contributed by atoms with Gasteiger partial charge >= 0.3 is 10.1 Å². The minimum Gasteiger partial charge on any atom is -0.497 e. The Morgan fingerprint density at radius 2 is 1.76 bits per heavy atom. The second-order valence-corrected chi connectivity index (χ2v) is 11.8. The van der Waals surface area contributed by atoms with E-state index >= 15 is 0 Å². The standard InChI is InChI=1S/C29H38N2O5S.ClH/c1-35-27-5-3-4-23(20-27)8-13-29(32)30-26-10-6-22(7-11-26)14-17-31-18-15-24-9-12-28(36-37(2,33)34)21-25(24)16-19-31;/h3-5,8-9,12-13,20-22,26H,6-7,10-11,14-19H2,1-2H3,(H,30,32);1H/b13-8+;. The van der Waals surface area contributed by atoms with E-state index in [-0.39, 0.29) is 24.4 Å². The van der Waals surface area contributed by atoms with Crippen molar-refractivity contribution in [3.63, 3.8) is 0 Å². The van der Waals surface area contributed by atoms with E-state index in [9.17, 15) is 13.2 Å². The lowest BCUT2D eigenvalue weighted by molar-refractivity contribution is -0.117. The first-order valence-electron chi connectivity index (χ1n) is 13.1. The summed E-state index contributed by atoms with van der Waals surface area (Å²) in [5.74, 6) is 1.83. The fourth-order valence-electron chi connectivity index (χ4n) is 5.33. The number of carbonyl (C=O) groups is 1. The largest absolute Gasteiger partial charge is 0.497 e. The highest BCUT2D eigenvalue weighted by molar-refractivity contribution is 7.86. The maximum atomic E-state index is 12.4. The van der Waals surface area contributed by atoms with Crippen LogP contribution in [0.3, 0.4) is 0 Å². The average Bonchev–Trinajstić information content (AvgIpc) is 3.08. The molecule has 1 amide bonds. The monoisotopic (exact) mass is 562 g/mol. The van der Waals surface area contributed by atoms with Gasteiger partial charge in [0.25, 0.3) is 0 Å². The van der Waals surface area contributed by atoms with Crippen LogP contribution in [0.2, 0.25) is 0 Å². The van der Waals surface area contributed by atoms with Crippen LogP contribution in [0.25, 0.3) is 6.08 Å². The molecule has 38 heavy (non-hydrogen) atoms. The number of rotatable bonds is 9. The summed E-state index contributed by atoms with van der Waals surface area (Å²) in [4.78, 5) is 14.9. The van der Waals surface area contributed by atoms with Gasteiger partial charge in [-0.3, -0.25) is 4.79 Å². The van der Waals surface area contributed by atoms with Crippen LogP contribution in [0.4, 0.5) is 0 Å². The Labute approximate surface area is 233 Å². The van der Waals surface area contributed by atoms with Crippen molar-refractivity contribution in [1.82, 2.24) is 10.2 Å². The summed E-state index contributed by atoms with van der Waals surface area (Å²) in [6.45, 7) is 3.07. The van der Waals surface area contributed by atoms with Crippen LogP contribution in [0.5, 0.6) is 11.5 Å². The van der Waals surface area contributed by atoms with Gasteiger partial charge in [-0.2, -0.15) is 8.42 Å². The van der Waals surface area contributed by atoms with E-state index in [1.807, 2.05) is 42.5 Å². The molecule has 1 saturated carbocycles. The van der Waals surface area contributed by atoms with Gasteiger partial charge in [-0.05, 0) is 104 Å². The number of amides is 1. The Kier molecular flexibility index (Phi) is 11.1. The summed E-state index contributed by atoms with van der Waals surface area (Å²) in [7, 11) is -1.88. The molecule has 2 aliphatic rings. The fraction of sp³-hybridized carbons (Fsp3) is 0.483. The predicted octanol–water partition coefficient (Wildman–Crippen LogP) is 4.63. The van der Waals surface area contributed by atoms with Crippen LogP contribution in [-0.2, 0) is 27.8 Å². The van der Waals surface area contributed by atoms with Gasteiger partial charge in [0.1, 0.15) is 11.5 Å². The van der Waals surface area contributed by atoms with Crippen LogP contribution in [0.15, 0.2) is 48.5 Å². The Balaban J connectivity index is 0.00000400. The van der Waals surface area contributed by atoms with Crippen molar-refractivity contribution in [2.45, 2.75) is 51.0 Å². The average molecular weight is 563 g/mol. The molecule has 4 rings (SSSR count). The molecule has 1 N–H and O–H groups in total. The molecular weight excluding hydrogens is 524 g/mol. The molecule has 9 heteroatoms. The summed E-state index contributed by atoms with van der Waals surface area (Å²) < 4.78 is 33.2. The minimum atomic E-state index is -3.51. The molecule has 0 aromatic heterocycles. The maximum Gasteiger partial charge on any atom is 0.306 e. The zero-order valence-electron chi connectivity index (χ0n) is 22.2. The summed E-state index contributed by atoms with van der Waals surface area (Å²) in [6, 6.07) is 13.5. The van der Waals surface area contributed by atoms with Crippen molar-refractivity contribution in [3.8, 4) is 11.5 Å². The van der Waals surface area contributed by atoms with Gasteiger partial charge in [0.05, 0.1) is 13.4 Å². The third kappa shape index (κ3) is 9.33. The summed E-state index contributed by atoms with van der Waals surface area (Å²) >= 11 is 0. The zero-order valence-corrected chi connectivity index (χ0v) is 23.9. The van der Waals surface area contributed by atoms with Crippen molar-refractivity contribution >= 4 is 34.5 Å². The minimum absolute atomic E-state index is 0. The number of hydrogen-bond acceptors (Lipinski definition) is 6. The molecule has 1 aliphatic heterocycles. The molecule has 1 heterocycles. The predicted molar refractivity (Wildman–Crippen MR) is 154 cm³/mol. The van der Waals surface area contributed by atoms with E-state index in [0.29, 0.717) is 11.7 Å². The molecule has 0 unspecified atom stereocenters. The van der Waals surface area contributed by atoms with Crippen molar-refractivity contribution in [3.05, 3.63) is 65.2 Å². The molecule has 0 saturated heterocycles. The third-order valence-electron chi connectivity index (χ3n) is 7.39. The number of nitrogens with one attached hydrogen (secondary N) is 1. The highest BCUT2D eigenvalue weighted by Gasteiger charge is 2.23.